The second-order valence-electron chi connectivity index (χ2n) is 3.69. The topological polar surface area (TPSA) is 29.5 Å². The zero-order valence-electron chi connectivity index (χ0n) is 7.51. The van der Waals surface area contributed by atoms with Crippen LogP contribution < -0.4 is 0 Å². The molecule has 2 fully saturated rings. The van der Waals surface area contributed by atoms with Crippen molar-refractivity contribution in [2.45, 2.75) is 38.1 Å². The Balaban J connectivity index is 2.14. The molecule has 1 saturated heterocycles. The molecule has 1 spiro atoms. The van der Waals surface area contributed by atoms with E-state index in [1.54, 1.807) is 0 Å². The SMILES string of the molecule is CCN1C(=O)OCCC12CCC2. The van der Waals surface area contributed by atoms with Gasteiger partial charge in [-0.15, -0.1) is 0 Å². The molecule has 12 heavy (non-hydrogen) atoms. The van der Waals surface area contributed by atoms with Crippen molar-refractivity contribution in [2.24, 2.45) is 0 Å². The molecule has 0 aromatic rings. The molecular weight excluding hydrogens is 154 g/mol. The minimum atomic E-state index is -0.108. The van der Waals surface area contributed by atoms with Gasteiger partial charge >= 0.3 is 6.09 Å². The van der Waals surface area contributed by atoms with Crippen LogP contribution in [-0.4, -0.2) is 29.7 Å². The molecule has 1 aliphatic carbocycles. The second-order valence-corrected chi connectivity index (χ2v) is 3.69. The Morgan fingerprint density at radius 3 is 2.67 bits per heavy atom. The van der Waals surface area contributed by atoms with Crippen molar-refractivity contribution in [2.75, 3.05) is 13.2 Å². The zero-order valence-corrected chi connectivity index (χ0v) is 7.51. The van der Waals surface area contributed by atoms with Crippen molar-refractivity contribution in [3.05, 3.63) is 0 Å². The Hall–Kier alpha value is -0.730. The number of amides is 1. The zero-order chi connectivity index (χ0) is 8.60. The van der Waals surface area contributed by atoms with Gasteiger partial charge in [0.2, 0.25) is 0 Å². The van der Waals surface area contributed by atoms with Gasteiger partial charge in [-0.2, -0.15) is 0 Å². The molecule has 1 saturated carbocycles. The fourth-order valence-electron chi connectivity index (χ4n) is 2.30. The molecule has 1 amide bonds. The van der Waals surface area contributed by atoms with Crippen LogP contribution in [-0.2, 0) is 4.74 Å². The van der Waals surface area contributed by atoms with E-state index in [1.807, 2.05) is 11.8 Å². The van der Waals surface area contributed by atoms with Crippen LogP contribution in [0.1, 0.15) is 32.6 Å². The van der Waals surface area contributed by atoms with Crippen molar-refractivity contribution >= 4 is 6.09 Å². The maximum absolute atomic E-state index is 11.3. The number of cyclic esters (lactones) is 1. The molecule has 0 radical (unpaired) electrons. The van der Waals surface area contributed by atoms with Crippen LogP contribution >= 0.6 is 0 Å². The average Bonchev–Trinajstić information content (AvgIpc) is 2.01. The highest BCUT2D eigenvalue weighted by molar-refractivity contribution is 5.69. The van der Waals surface area contributed by atoms with Gasteiger partial charge in [0.1, 0.15) is 0 Å². The van der Waals surface area contributed by atoms with E-state index in [9.17, 15) is 4.79 Å². The van der Waals surface area contributed by atoms with Crippen molar-refractivity contribution in [1.82, 2.24) is 4.90 Å². The van der Waals surface area contributed by atoms with Crippen molar-refractivity contribution in [3.63, 3.8) is 0 Å². The van der Waals surface area contributed by atoms with Gasteiger partial charge in [-0.25, -0.2) is 4.79 Å². The summed E-state index contributed by atoms with van der Waals surface area (Å²) < 4.78 is 5.00. The van der Waals surface area contributed by atoms with E-state index in [0.717, 1.165) is 13.0 Å². The molecule has 0 N–H and O–H groups in total. The number of nitrogens with zero attached hydrogens (tertiary/aromatic N) is 1. The van der Waals surface area contributed by atoms with Crippen molar-refractivity contribution in [1.29, 1.82) is 0 Å². The van der Waals surface area contributed by atoms with Gasteiger partial charge in [0.05, 0.1) is 6.61 Å². The molecule has 2 rings (SSSR count). The van der Waals surface area contributed by atoms with Crippen LogP contribution in [0.4, 0.5) is 4.79 Å². The highest BCUT2D eigenvalue weighted by Crippen LogP contribution is 2.42. The Morgan fingerprint density at radius 1 is 1.50 bits per heavy atom. The third-order valence-electron chi connectivity index (χ3n) is 3.19. The predicted molar refractivity (Wildman–Crippen MR) is 44.9 cm³/mol. The van der Waals surface area contributed by atoms with E-state index in [-0.39, 0.29) is 11.6 Å². The van der Waals surface area contributed by atoms with Gasteiger partial charge in [0.25, 0.3) is 0 Å². The lowest BCUT2D eigenvalue weighted by molar-refractivity contribution is -0.0411. The van der Waals surface area contributed by atoms with Gasteiger partial charge in [-0.1, -0.05) is 0 Å². The third-order valence-corrected chi connectivity index (χ3v) is 3.19. The van der Waals surface area contributed by atoms with E-state index in [1.165, 1.54) is 19.3 Å². The molecule has 0 bridgehead atoms. The lowest BCUT2D eigenvalue weighted by atomic mass is 9.73. The second kappa shape index (κ2) is 2.64. The first kappa shape index (κ1) is 7.90. The highest BCUT2D eigenvalue weighted by Gasteiger charge is 2.47. The van der Waals surface area contributed by atoms with E-state index < -0.39 is 0 Å². The van der Waals surface area contributed by atoms with Crippen LogP contribution in [0, 0.1) is 0 Å². The number of ether oxygens (including phenoxy) is 1. The Bertz CT molecular complexity index is 199. The van der Waals surface area contributed by atoms with Gasteiger partial charge in [0.15, 0.2) is 0 Å². The van der Waals surface area contributed by atoms with Gasteiger partial charge in [-0.05, 0) is 26.2 Å². The number of carbonyl (C=O) groups is 1. The van der Waals surface area contributed by atoms with Crippen molar-refractivity contribution in [3.8, 4) is 0 Å². The first-order valence-corrected chi connectivity index (χ1v) is 4.73. The maximum Gasteiger partial charge on any atom is 0.410 e. The number of hydrogen-bond acceptors (Lipinski definition) is 2. The summed E-state index contributed by atoms with van der Waals surface area (Å²) in [6, 6.07) is 0. The molecular formula is C9H15NO2. The number of rotatable bonds is 1. The molecule has 1 heterocycles. The summed E-state index contributed by atoms with van der Waals surface area (Å²) in [5, 5.41) is 0. The smallest absolute Gasteiger partial charge is 0.410 e. The van der Waals surface area contributed by atoms with Gasteiger partial charge in [-0.3, -0.25) is 0 Å². The van der Waals surface area contributed by atoms with Crippen LogP contribution in [0.2, 0.25) is 0 Å². The van der Waals surface area contributed by atoms with Gasteiger partial charge in [0, 0.05) is 18.5 Å². The fraction of sp³-hybridized carbons (Fsp3) is 0.889. The first-order chi connectivity index (χ1) is 5.78. The summed E-state index contributed by atoms with van der Waals surface area (Å²) >= 11 is 0. The largest absolute Gasteiger partial charge is 0.449 e. The normalized spacial score (nSPS) is 26.8. The Kier molecular flexibility index (Phi) is 1.74. The molecule has 1 aliphatic heterocycles. The molecule has 2 aliphatic rings. The number of hydrogen-bond donors (Lipinski definition) is 0. The van der Waals surface area contributed by atoms with Crippen LogP contribution in [0.25, 0.3) is 0 Å². The van der Waals surface area contributed by atoms with Crippen LogP contribution in [0.15, 0.2) is 0 Å². The third kappa shape index (κ3) is 0.919. The molecule has 0 aromatic heterocycles. The molecule has 0 unspecified atom stereocenters. The minimum absolute atomic E-state index is 0.108. The summed E-state index contributed by atoms with van der Waals surface area (Å²) in [6.07, 6.45) is 4.55. The van der Waals surface area contributed by atoms with E-state index in [2.05, 4.69) is 0 Å². The molecule has 0 atom stereocenters. The van der Waals surface area contributed by atoms with Crippen LogP contribution in [0.3, 0.4) is 0 Å². The minimum Gasteiger partial charge on any atom is -0.449 e. The van der Waals surface area contributed by atoms with E-state index in [0.29, 0.717) is 6.61 Å². The average molecular weight is 169 g/mol. The molecule has 68 valence electrons. The lowest BCUT2D eigenvalue weighted by Crippen LogP contribution is -2.59. The molecule has 3 nitrogen and oxygen atoms in total. The van der Waals surface area contributed by atoms with Crippen LogP contribution in [0.5, 0.6) is 0 Å². The van der Waals surface area contributed by atoms with Gasteiger partial charge < -0.3 is 9.64 Å². The lowest BCUT2D eigenvalue weighted by Gasteiger charge is -2.51. The first-order valence-electron chi connectivity index (χ1n) is 4.73. The summed E-state index contributed by atoms with van der Waals surface area (Å²) in [4.78, 5) is 13.2. The summed E-state index contributed by atoms with van der Waals surface area (Å²) in [6.45, 7) is 3.43. The molecule has 3 heteroatoms. The summed E-state index contributed by atoms with van der Waals surface area (Å²) in [7, 11) is 0. The Labute approximate surface area is 72.7 Å². The van der Waals surface area contributed by atoms with E-state index in [4.69, 9.17) is 4.74 Å². The van der Waals surface area contributed by atoms with E-state index >= 15 is 0 Å². The van der Waals surface area contributed by atoms with Crippen molar-refractivity contribution < 1.29 is 9.53 Å². The standard InChI is InChI=1S/C9H15NO2/c1-2-10-8(11)12-7-6-9(10)4-3-5-9/h2-7H2,1H3. The quantitative estimate of drug-likeness (QED) is 0.598. The number of carbonyl (C=O) groups excluding carboxylic acids is 1. The summed E-state index contributed by atoms with van der Waals surface area (Å²) in [5.41, 5.74) is 0.198. The predicted octanol–water partition coefficient (Wildman–Crippen LogP) is 1.77. The highest BCUT2D eigenvalue weighted by atomic mass is 16.6. The summed E-state index contributed by atoms with van der Waals surface area (Å²) in [5.74, 6) is 0. The Morgan fingerprint density at radius 2 is 2.25 bits per heavy atom. The monoisotopic (exact) mass is 169 g/mol. The molecule has 0 aromatic carbocycles. The fourth-order valence-corrected chi connectivity index (χ4v) is 2.30. The maximum atomic E-state index is 11.3.